The largest absolute Gasteiger partial charge is 0.368 e. The molecule has 2 N–H and O–H groups in total. The maximum absolute atomic E-state index is 12.8. The second-order valence-corrected chi connectivity index (χ2v) is 8.50. The lowest BCUT2D eigenvalue weighted by Gasteiger charge is -2.28. The monoisotopic (exact) mass is 456 g/mol. The van der Waals surface area contributed by atoms with Gasteiger partial charge in [-0.15, -0.1) is 0 Å². The lowest BCUT2D eigenvalue weighted by molar-refractivity contribution is 0.0955. The molecule has 1 aliphatic heterocycles. The molecule has 3 heterocycles. The number of hydrogen-bond acceptors (Lipinski definition) is 7. The normalized spacial score (nSPS) is 13.7. The molecular weight excluding hydrogens is 428 g/mol. The topological polar surface area (TPSA) is 96.2 Å². The molecule has 2 aromatic carbocycles. The van der Waals surface area contributed by atoms with Crippen LogP contribution in [-0.4, -0.2) is 47.2 Å². The molecule has 0 spiro atoms. The predicted octanol–water partition coefficient (Wildman–Crippen LogP) is 4.43. The Hall–Kier alpha value is -3.94. The lowest BCUT2D eigenvalue weighted by Crippen LogP contribution is -2.31. The van der Waals surface area contributed by atoms with E-state index in [1.165, 1.54) is 19.3 Å². The summed E-state index contributed by atoms with van der Waals surface area (Å²) in [6.07, 6.45) is 3.68. The maximum atomic E-state index is 12.8. The molecule has 8 heteroatoms. The summed E-state index contributed by atoms with van der Waals surface area (Å²) < 4.78 is 5.54. The molecule has 8 nitrogen and oxygen atoms in total. The number of aryl methyl sites for hydroxylation is 1. The number of anilines is 2. The highest BCUT2D eigenvalue weighted by atomic mass is 16.5. The molecule has 4 aromatic rings. The summed E-state index contributed by atoms with van der Waals surface area (Å²) in [5.74, 6) is 3.01. The van der Waals surface area contributed by atoms with E-state index in [0.717, 1.165) is 47.0 Å². The van der Waals surface area contributed by atoms with Gasteiger partial charge in [0.25, 0.3) is 5.91 Å². The van der Waals surface area contributed by atoms with E-state index < -0.39 is 0 Å². The van der Waals surface area contributed by atoms with Gasteiger partial charge in [-0.05, 0) is 44.4 Å². The minimum absolute atomic E-state index is 0.142. The second-order valence-electron chi connectivity index (χ2n) is 8.50. The van der Waals surface area contributed by atoms with E-state index in [2.05, 4.69) is 30.7 Å². The van der Waals surface area contributed by atoms with Gasteiger partial charge in [0.2, 0.25) is 0 Å². The zero-order valence-corrected chi connectivity index (χ0v) is 19.3. The molecule has 34 heavy (non-hydrogen) atoms. The van der Waals surface area contributed by atoms with Crippen LogP contribution in [0.5, 0.6) is 0 Å². The van der Waals surface area contributed by atoms with Crippen LogP contribution in [0.3, 0.4) is 0 Å². The van der Waals surface area contributed by atoms with Crippen LogP contribution in [0, 0.1) is 6.92 Å². The second kappa shape index (κ2) is 9.91. The van der Waals surface area contributed by atoms with Crippen molar-refractivity contribution < 1.29 is 9.32 Å². The van der Waals surface area contributed by atoms with Gasteiger partial charge >= 0.3 is 0 Å². The van der Waals surface area contributed by atoms with Gasteiger partial charge in [-0.1, -0.05) is 35.5 Å². The third kappa shape index (κ3) is 4.85. The number of aromatic nitrogens is 3. The minimum atomic E-state index is -0.142. The molecule has 0 aliphatic carbocycles. The van der Waals surface area contributed by atoms with Crippen molar-refractivity contribution in [2.45, 2.75) is 26.2 Å². The van der Waals surface area contributed by atoms with Gasteiger partial charge in [0.05, 0.1) is 5.39 Å². The van der Waals surface area contributed by atoms with Crippen LogP contribution in [-0.2, 0) is 0 Å². The third-order valence-corrected chi connectivity index (χ3v) is 6.00. The Balaban J connectivity index is 1.20. The maximum Gasteiger partial charge on any atom is 0.251 e. The van der Waals surface area contributed by atoms with Gasteiger partial charge < -0.3 is 20.1 Å². The standard InChI is InChI=1S/C26H28N6O2/c1-18-29-23(17-24(30-18)32-14-6-3-7-15-32)27-12-13-28-26(33)20-10-11-22-21(16-20)25(34-31-22)19-8-4-2-5-9-19/h2,4-5,8-11,16-17H,3,6-7,12-15H2,1H3,(H,28,33)(H,27,29,30). The average molecular weight is 457 g/mol. The highest BCUT2D eigenvalue weighted by Crippen LogP contribution is 2.29. The average Bonchev–Trinajstić information content (AvgIpc) is 3.30. The van der Waals surface area contributed by atoms with E-state index in [4.69, 9.17) is 4.52 Å². The highest BCUT2D eigenvalue weighted by Gasteiger charge is 2.15. The molecule has 0 atom stereocenters. The van der Waals surface area contributed by atoms with Crippen LogP contribution in [0.2, 0.25) is 0 Å². The number of amides is 1. The summed E-state index contributed by atoms with van der Waals surface area (Å²) >= 11 is 0. The summed E-state index contributed by atoms with van der Waals surface area (Å²) in [4.78, 5) is 24.2. The molecule has 5 rings (SSSR count). The molecular formula is C26H28N6O2. The molecule has 0 saturated carbocycles. The molecule has 0 bridgehead atoms. The SMILES string of the molecule is Cc1nc(NCCNC(=O)c2ccc3noc(-c4ccccc4)c3c2)cc(N2CCCCC2)n1. The van der Waals surface area contributed by atoms with Gasteiger partial charge in [-0.2, -0.15) is 0 Å². The summed E-state index contributed by atoms with van der Waals surface area (Å²) in [5.41, 5.74) is 2.22. The number of benzene rings is 2. The van der Waals surface area contributed by atoms with Crippen molar-refractivity contribution in [2.24, 2.45) is 0 Å². The number of nitrogens with one attached hydrogen (secondary N) is 2. The number of carbonyl (C=O) groups excluding carboxylic acids is 1. The molecule has 1 aliphatic rings. The van der Waals surface area contributed by atoms with Gasteiger partial charge in [0, 0.05) is 43.4 Å². The predicted molar refractivity (Wildman–Crippen MR) is 133 cm³/mol. The smallest absolute Gasteiger partial charge is 0.251 e. The van der Waals surface area contributed by atoms with E-state index in [0.29, 0.717) is 24.4 Å². The van der Waals surface area contributed by atoms with E-state index >= 15 is 0 Å². The number of fused-ring (bicyclic) bond motifs is 1. The summed E-state index contributed by atoms with van der Waals surface area (Å²) in [7, 11) is 0. The number of hydrogen-bond donors (Lipinski definition) is 2. The molecule has 174 valence electrons. The highest BCUT2D eigenvalue weighted by molar-refractivity contribution is 6.01. The molecule has 2 aromatic heterocycles. The number of nitrogens with zero attached hydrogens (tertiary/aromatic N) is 4. The van der Waals surface area contributed by atoms with Gasteiger partial charge in [-0.3, -0.25) is 4.79 Å². The fourth-order valence-corrected chi connectivity index (χ4v) is 4.28. The molecule has 1 saturated heterocycles. The van der Waals surface area contributed by atoms with Gasteiger partial charge in [0.1, 0.15) is 23.0 Å². The van der Waals surface area contributed by atoms with Crippen molar-refractivity contribution in [1.82, 2.24) is 20.4 Å². The van der Waals surface area contributed by atoms with E-state index in [-0.39, 0.29) is 5.91 Å². The first kappa shape index (κ1) is 21.9. The van der Waals surface area contributed by atoms with Crippen LogP contribution < -0.4 is 15.5 Å². The van der Waals surface area contributed by atoms with E-state index in [1.807, 2.05) is 55.5 Å². The molecule has 0 unspecified atom stereocenters. The van der Waals surface area contributed by atoms with Gasteiger partial charge in [0.15, 0.2) is 5.76 Å². The zero-order chi connectivity index (χ0) is 23.3. The number of piperidine rings is 1. The number of rotatable bonds is 7. The van der Waals surface area contributed by atoms with Crippen molar-refractivity contribution in [3.05, 3.63) is 66.0 Å². The van der Waals surface area contributed by atoms with Crippen LogP contribution in [0.25, 0.3) is 22.2 Å². The third-order valence-electron chi connectivity index (χ3n) is 6.00. The van der Waals surface area contributed by atoms with Crippen molar-refractivity contribution in [2.75, 3.05) is 36.4 Å². The zero-order valence-electron chi connectivity index (χ0n) is 19.3. The quantitative estimate of drug-likeness (QED) is 0.397. The van der Waals surface area contributed by atoms with Crippen molar-refractivity contribution in [3.63, 3.8) is 0 Å². The molecule has 0 radical (unpaired) electrons. The summed E-state index contributed by atoms with van der Waals surface area (Å²) in [6, 6.07) is 17.2. The molecule has 1 amide bonds. The Morgan fingerprint density at radius 2 is 1.82 bits per heavy atom. The van der Waals surface area contributed by atoms with Crippen LogP contribution in [0.1, 0.15) is 35.4 Å². The van der Waals surface area contributed by atoms with Crippen molar-refractivity contribution in [3.8, 4) is 11.3 Å². The first-order valence-corrected chi connectivity index (χ1v) is 11.7. The van der Waals surface area contributed by atoms with Crippen molar-refractivity contribution in [1.29, 1.82) is 0 Å². The Kier molecular flexibility index (Phi) is 6.38. The van der Waals surface area contributed by atoms with Crippen molar-refractivity contribution >= 4 is 28.4 Å². The first-order valence-electron chi connectivity index (χ1n) is 11.7. The first-order chi connectivity index (χ1) is 16.7. The Bertz CT molecular complexity index is 1280. The number of carbonyl (C=O) groups is 1. The lowest BCUT2D eigenvalue weighted by atomic mass is 10.1. The Labute approximate surface area is 198 Å². The Morgan fingerprint density at radius 1 is 1.00 bits per heavy atom. The Morgan fingerprint density at radius 3 is 2.65 bits per heavy atom. The molecule has 1 fully saturated rings. The summed E-state index contributed by atoms with van der Waals surface area (Å²) in [6.45, 7) is 5.01. The van der Waals surface area contributed by atoms with E-state index in [1.54, 1.807) is 6.07 Å². The van der Waals surface area contributed by atoms with Crippen LogP contribution >= 0.6 is 0 Å². The van der Waals surface area contributed by atoms with Crippen LogP contribution in [0.15, 0.2) is 59.1 Å². The van der Waals surface area contributed by atoms with Crippen LogP contribution in [0.4, 0.5) is 11.6 Å². The van der Waals surface area contributed by atoms with Gasteiger partial charge in [-0.25, -0.2) is 9.97 Å². The summed E-state index contributed by atoms with van der Waals surface area (Å²) in [5, 5.41) is 11.2. The fraction of sp³-hybridized carbons (Fsp3) is 0.308. The fourth-order valence-electron chi connectivity index (χ4n) is 4.28. The minimum Gasteiger partial charge on any atom is -0.368 e. The van der Waals surface area contributed by atoms with E-state index in [9.17, 15) is 4.79 Å².